The lowest BCUT2D eigenvalue weighted by molar-refractivity contribution is 0.141. The molecule has 0 spiro atoms. The van der Waals surface area contributed by atoms with E-state index in [1.54, 1.807) is 6.92 Å². The van der Waals surface area contributed by atoms with Gasteiger partial charge in [0, 0.05) is 16.2 Å². The van der Waals surface area contributed by atoms with E-state index in [0.717, 1.165) is 5.56 Å². The number of hydrogen-bond acceptors (Lipinski definition) is 2. The van der Waals surface area contributed by atoms with Gasteiger partial charge >= 0.3 is 0 Å². The first-order valence-corrected chi connectivity index (χ1v) is 4.40. The molecular formula is C8H8BrF2NO. The van der Waals surface area contributed by atoms with Crippen molar-refractivity contribution in [2.24, 2.45) is 0 Å². The van der Waals surface area contributed by atoms with Crippen LogP contribution in [0.15, 0.2) is 10.7 Å². The molecule has 0 bridgehead atoms. The standard InChI is InChI=1S/C8H8BrF2NO/c1-4-2-12-7(8(10)11)5(3-13)6(4)9/h2,8,13H,3H2,1H3. The highest BCUT2D eigenvalue weighted by molar-refractivity contribution is 9.10. The Morgan fingerprint density at radius 3 is 2.69 bits per heavy atom. The first-order chi connectivity index (χ1) is 6.07. The van der Waals surface area contributed by atoms with Gasteiger partial charge in [-0.1, -0.05) is 15.9 Å². The van der Waals surface area contributed by atoms with Crippen molar-refractivity contribution in [2.75, 3.05) is 0 Å². The zero-order valence-corrected chi connectivity index (χ0v) is 8.48. The van der Waals surface area contributed by atoms with Crippen LogP contribution in [0.5, 0.6) is 0 Å². The topological polar surface area (TPSA) is 33.1 Å². The third-order valence-electron chi connectivity index (χ3n) is 1.68. The number of nitrogens with zero attached hydrogens (tertiary/aromatic N) is 1. The summed E-state index contributed by atoms with van der Waals surface area (Å²) in [6.45, 7) is 1.29. The van der Waals surface area contributed by atoms with Gasteiger partial charge in [-0.05, 0) is 12.5 Å². The van der Waals surface area contributed by atoms with E-state index in [2.05, 4.69) is 20.9 Å². The van der Waals surface area contributed by atoms with E-state index in [4.69, 9.17) is 5.11 Å². The first-order valence-electron chi connectivity index (χ1n) is 3.60. The van der Waals surface area contributed by atoms with Crippen LogP contribution in [-0.2, 0) is 6.61 Å². The average molecular weight is 252 g/mol. The molecule has 0 amide bonds. The Morgan fingerprint density at radius 2 is 2.23 bits per heavy atom. The van der Waals surface area contributed by atoms with Crippen molar-refractivity contribution >= 4 is 15.9 Å². The van der Waals surface area contributed by atoms with Gasteiger partial charge in [0.2, 0.25) is 0 Å². The van der Waals surface area contributed by atoms with Crippen LogP contribution < -0.4 is 0 Å². The molecule has 0 atom stereocenters. The number of aromatic nitrogens is 1. The van der Waals surface area contributed by atoms with E-state index in [0.29, 0.717) is 4.47 Å². The minimum absolute atomic E-state index is 0.162. The number of pyridine rings is 1. The lowest BCUT2D eigenvalue weighted by Crippen LogP contribution is -2.01. The summed E-state index contributed by atoms with van der Waals surface area (Å²) in [6.07, 6.45) is -1.30. The summed E-state index contributed by atoms with van der Waals surface area (Å²) in [5.41, 5.74) is 0.531. The number of aliphatic hydroxyl groups excluding tert-OH is 1. The number of alkyl halides is 2. The Labute approximate surface area is 82.7 Å². The molecule has 1 heterocycles. The molecule has 1 rings (SSSR count). The smallest absolute Gasteiger partial charge is 0.280 e. The fraction of sp³-hybridized carbons (Fsp3) is 0.375. The molecule has 13 heavy (non-hydrogen) atoms. The summed E-state index contributed by atoms with van der Waals surface area (Å²) in [5, 5.41) is 8.87. The maximum atomic E-state index is 12.3. The SMILES string of the molecule is Cc1cnc(C(F)F)c(CO)c1Br. The van der Waals surface area contributed by atoms with Crippen LogP contribution in [0.25, 0.3) is 0 Å². The van der Waals surface area contributed by atoms with Gasteiger partial charge in [0.25, 0.3) is 6.43 Å². The Hall–Kier alpha value is -0.550. The average Bonchev–Trinajstić information content (AvgIpc) is 2.09. The number of aryl methyl sites for hydroxylation is 1. The van der Waals surface area contributed by atoms with Crippen LogP contribution in [0.4, 0.5) is 8.78 Å². The normalized spacial score (nSPS) is 10.9. The van der Waals surface area contributed by atoms with Crippen LogP contribution in [0.1, 0.15) is 23.2 Å². The summed E-state index contributed by atoms with van der Waals surface area (Å²) >= 11 is 3.13. The predicted molar refractivity (Wildman–Crippen MR) is 47.6 cm³/mol. The van der Waals surface area contributed by atoms with Crippen LogP contribution in [0.2, 0.25) is 0 Å². The summed E-state index contributed by atoms with van der Waals surface area (Å²) in [6, 6.07) is 0. The highest BCUT2D eigenvalue weighted by Gasteiger charge is 2.17. The van der Waals surface area contributed by atoms with E-state index in [1.807, 2.05) is 0 Å². The third-order valence-corrected chi connectivity index (χ3v) is 2.79. The van der Waals surface area contributed by atoms with Crippen molar-refractivity contribution in [3.05, 3.63) is 27.5 Å². The van der Waals surface area contributed by atoms with Crippen molar-refractivity contribution in [3.63, 3.8) is 0 Å². The molecule has 5 heteroatoms. The van der Waals surface area contributed by atoms with Crippen LogP contribution in [0.3, 0.4) is 0 Å². The molecule has 2 nitrogen and oxygen atoms in total. The fourth-order valence-electron chi connectivity index (χ4n) is 0.990. The zero-order valence-electron chi connectivity index (χ0n) is 6.89. The molecule has 1 aromatic heterocycles. The second kappa shape index (κ2) is 4.11. The molecule has 0 saturated heterocycles. The van der Waals surface area contributed by atoms with E-state index in [9.17, 15) is 8.78 Å². The Bertz CT molecular complexity index is 317. The highest BCUT2D eigenvalue weighted by Crippen LogP contribution is 2.28. The van der Waals surface area contributed by atoms with E-state index < -0.39 is 13.0 Å². The molecule has 0 aliphatic heterocycles. The second-order valence-electron chi connectivity index (χ2n) is 2.58. The van der Waals surface area contributed by atoms with Gasteiger partial charge in [-0.15, -0.1) is 0 Å². The van der Waals surface area contributed by atoms with E-state index in [-0.39, 0.29) is 11.3 Å². The Kier molecular flexibility index (Phi) is 3.33. The third kappa shape index (κ3) is 2.03. The number of hydrogen-bond donors (Lipinski definition) is 1. The lowest BCUT2D eigenvalue weighted by atomic mass is 10.1. The minimum atomic E-state index is -2.65. The van der Waals surface area contributed by atoms with Crippen LogP contribution >= 0.6 is 15.9 Å². The van der Waals surface area contributed by atoms with E-state index in [1.165, 1.54) is 6.20 Å². The molecule has 0 radical (unpaired) electrons. The largest absolute Gasteiger partial charge is 0.392 e. The molecule has 0 aromatic carbocycles. The molecule has 1 N–H and O–H groups in total. The minimum Gasteiger partial charge on any atom is -0.392 e. The molecular weight excluding hydrogens is 244 g/mol. The fourth-order valence-corrected chi connectivity index (χ4v) is 1.42. The van der Waals surface area contributed by atoms with Gasteiger partial charge in [-0.25, -0.2) is 8.78 Å². The Balaban J connectivity index is 3.30. The second-order valence-corrected chi connectivity index (χ2v) is 3.37. The number of halogens is 3. The molecule has 1 aromatic rings. The van der Waals surface area contributed by atoms with Crippen LogP contribution in [0, 0.1) is 6.92 Å². The summed E-state index contributed by atoms with van der Waals surface area (Å²) in [4.78, 5) is 3.57. The maximum Gasteiger partial charge on any atom is 0.280 e. The van der Waals surface area contributed by atoms with Gasteiger partial charge in [0.1, 0.15) is 5.69 Å². The maximum absolute atomic E-state index is 12.3. The first kappa shape index (κ1) is 10.5. The predicted octanol–water partition coefficient (Wildman–Crippen LogP) is 2.58. The van der Waals surface area contributed by atoms with Gasteiger partial charge < -0.3 is 5.11 Å². The molecule has 0 saturated carbocycles. The molecule has 0 fully saturated rings. The lowest BCUT2D eigenvalue weighted by Gasteiger charge is -2.09. The summed E-state index contributed by atoms with van der Waals surface area (Å²) in [5.74, 6) is 0. The Morgan fingerprint density at radius 1 is 1.62 bits per heavy atom. The molecule has 0 aliphatic carbocycles. The summed E-state index contributed by atoms with van der Waals surface area (Å²) < 4.78 is 25.2. The zero-order chi connectivity index (χ0) is 10.0. The van der Waals surface area contributed by atoms with Gasteiger partial charge in [0.15, 0.2) is 0 Å². The molecule has 0 unspecified atom stereocenters. The van der Waals surface area contributed by atoms with Gasteiger partial charge in [0.05, 0.1) is 6.61 Å². The van der Waals surface area contributed by atoms with Crippen molar-refractivity contribution in [3.8, 4) is 0 Å². The van der Waals surface area contributed by atoms with Gasteiger partial charge in [-0.3, -0.25) is 4.98 Å². The van der Waals surface area contributed by atoms with Crippen molar-refractivity contribution in [1.29, 1.82) is 0 Å². The number of rotatable bonds is 2. The van der Waals surface area contributed by atoms with E-state index >= 15 is 0 Å². The molecule has 72 valence electrons. The van der Waals surface area contributed by atoms with Crippen molar-refractivity contribution < 1.29 is 13.9 Å². The molecule has 0 aliphatic rings. The van der Waals surface area contributed by atoms with Crippen molar-refractivity contribution in [1.82, 2.24) is 4.98 Å². The quantitative estimate of drug-likeness (QED) is 0.877. The van der Waals surface area contributed by atoms with Crippen molar-refractivity contribution in [2.45, 2.75) is 20.0 Å². The van der Waals surface area contributed by atoms with Crippen LogP contribution in [-0.4, -0.2) is 10.1 Å². The highest BCUT2D eigenvalue weighted by atomic mass is 79.9. The summed E-state index contributed by atoms with van der Waals surface area (Å²) in [7, 11) is 0. The van der Waals surface area contributed by atoms with Gasteiger partial charge in [-0.2, -0.15) is 0 Å². The number of aliphatic hydroxyl groups is 1. The monoisotopic (exact) mass is 251 g/mol.